The van der Waals surface area contributed by atoms with Crippen LogP contribution in [0.1, 0.15) is 24.7 Å². The van der Waals surface area contributed by atoms with Gasteiger partial charge >= 0.3 is 0 Å². The molecular weight excluding hydrogens is 332 g/mol. The van der Waals surface area contributed by atoms with Crippen molar-refractivity contribution in [1.82, 2.24) is 24.1 Å². The van der Waals surface area contributed by atoms with E-state index in [9.17, 15) is 0 Å². The number of anilines is 1. The summed E-state index contributed by atoms with van der Waals surface area (Å²) < 4.78 is 4.80. The number of halogens is 1. The Morgan fingerprint density at radius 2 is 2.14 bits per heavy atom. The molecule has 0 saturated heterocycles. The first-order chi connectivity index (χ1) is 10.1. The molecule has 0 spiro atoms. The van der Waals surface area contributed by atoms with Gasteiger partial charge in [0.05, 0.1) is 22.1 Å². The predicted octanol–water partition coefficient (Wildman–Crippen LogP) is 3.12. The van der Waals surface area contributed by atoms with E-state index in [-0.39, 0.29) is 0 Å². The summed E-state index contributed by atoms with van der Waals surface area (Å²) in [5, 5.41) is 7.87. The molecule has 0 bridgehead atoms. The molecule has 0 aliphatic carbocycles. The lowest BCUT2D eigenvalue weighted by Crippen LogP contribution is -2.10. The highest BCUT2D eigenvalue weighted by Gasteiger charge is 2.16. The molecule has 3 aromatic rings. The molecule has 0 saturated carbocycles. The summed E-state index contributed by atoms with van der Waals surface area (Å²) in [7, 11) is 0. The van der Waals surface area contributed by atoms with Gasteiger partial charge in [0.15, 0.2) is 11.5 Å². The largest absolute Gasteiger partial charge is 0.369 e. The highest BCUT2D eigenvalue weighted by Crippen LogP contribution is 2.24. The number of hydrogen-bond donors (Lipinski definition) is 1. The van der Waals surface area contributed by atoms with Crippen molar-refractivity contribution in [1.29, 1.82) is 0 Å². The van der Waals surface area contributed by atoms with Gasteiger partial charge in [-0.3, -0.25) is 0 Å². The van der Waals surface area contributed by atoms with Crippen LogP contribution >= 0.6 is 15.9 Å². The van der Waals surface area contributed by atoms with Crippen molar-refractivity contribution in [3.05, 3.63) is 34.5 Å². The number of hydrogen-bond acceptors (Lipinski definition) is 4. The maximum absolute atomic E-state index is 4.68. The zero-order valence-electron chi connectivity index (χ0n) is 12.3. The second-order valence-electron chi connectivity index (χ2n) is 4.93. The van der Waals surface area contributed by atoms with Crippen molar-refractivity contribution < 1.29 is 0 Å². The summed E-state index contributed by atoms with van der Waals surface area (Å²) in [4.78, 5) is 9.07. The summed E-state index contributed by atoms with van der Waals surface area (Å²) in [6.45, 7) is 6.99. The highest BCUT2D eigenvalue weighted by molar-refractivity contribution is 9.10. The standard InChI is InChI=1S/C14H17BrN6/c1-4-5-16-11-8-20-7-6-17-13(20)14(18-11)21-10(3)12(15)9(2)19-21/h6-8,16H,4-5H2,1-3H3. The zero-order chi connectivity index (χ0) is 15.0. The summed E-state index contributed by atoms with van der Waals surface area (Å²) in [6.07, 6.45) is 6.68. The Labute approximate surface area is 131 Å². The Balaban J connectivity index is 2.19. The molecule has 110 valence electrons. The minimum Gasteiger partial charge on any atom is -0.369 e. The van der Waals surface area contributed by atoms with Crippen LogP contribution in [0.2, 0.25) is 0 Å². The van der Waals surface area contributed by atoms with E-state index in [1.807, 2.05) is 35.3 Å². The summed E-state index contributed by atoms with van der Waals surface area (Å²) in [6, 6.07) is 0. The number of aromatic nitrogens is 5. The molecule has 3 heterocycles. The second-order valence-corrected chi connectivity index (χ2v) is 5.72. The van der Waals surface area contributed by atoms with E-state index >= 15 is 0 Å². The van der Waals surface area contributed by atoms with E-state index in [4.69, 9.17) is 0 Å². The molecule has 1 N–H and O–H groups in total. The second kappa shape index (κ2) is 5.48. The quantitative estimate of drug-likeness (QED) is 0.786. The van der Waals surface area contributed by atoms with Gasteiger partial charge < -0.3 is 9.72 Å². The van der Waals surface area contributed by atoms with Crippen LogP contribution in [0.3, 0.4) is 0 Å². The van der Waals surface area contributed by atoms with Gasteiger partial charge in [0.2, 0.25) is 0 Å². The van der Waals surface area contributed by atoms with Crippen molar-refractivity contribution in [2.45, 2.75) is 27.2 Å². The van der Waals surface area contributed by atoms with E-state index in [2.05, 4.69) is 43.2 Å². The van der Waals surface area contributed by atoms with Crippen LogP contribution in [0.25, 0.3) is 11.5 Å². The fourth-order valence-corrected chi connectivity index (χ4v) is 2.47. The summed E-state index contributed by atoms with van der Waals surface area (Å²) >= 11 is 3.56. The van der Waals surface area contributed by atoms with E-state index < -0.39 is 0 Å². The first-order valence-corrected chi connectivity index (χ1v) is 7.70. The van der Waals surface area contributed by atoms with E-state index in [1.54, 1.807) is 6.20 Å². The maximum Gasteiger partial charge on any atom is 0.199 e. The topological polar surface area (TPSA) is 60.0 Å². The van der Waals surface area contributed by atoms with Crippen molar-refractivity contribution in [2.24, 2.45) is 0 Å². The fraction of sp³-hybridized carbons (Fsp3) is 0.357. The molecule has 0 aliphatic heterocycles. The lowest BCUT2D eigenvalue weighted by molar-refractivity contribution is 0.802. The Bertz CT molecular complexity index is 788. The van der Waals surface area contributed by atoms with Crippen molar-refractivity contribution in [2.75, 3.05) is 11.9 Å². The maximum atomic E-state index is 4.68. The van der Waals surface area contributed by atoms with Gasteiger partial charge in [-0.05, 0) is 36.2 Å². The molecule has 0 unspecified atom stereocenters. The van der Waals surface area contributed by atoms with Gasteiger partial charge in [-0.15, -0.1) is 0 Å². The van der Waals surface area contributed by atoms with Crippen LogP contribution in [0.5, 0.6) is 0 Å². The van der Waals surface area contributed by atoms with Crippen LogP contribution in [-0.2, 0) is 0 Å². The molecule has 3 aromatic heterocycles. The molecule has 0 aliphatic rings. The number of nitrogens with zero attached hydrogens (tertiary/aromatic N) is 5. The van der Waals surface area contributed by atoms with Crippen LogP contribution in [0, 0.1) is 13.8 Å². The van der Waals surface area contributed by atoms with Gasteiger partial charge in [-0.1, -0.05) is 6.92 Å². The first-order valence-electron chi connectivity index (χ1n) is 6.91. The van der Waals surface area contributed by atoms with Crippen molar-refractivity contribution >= 4 is 27.4 Å². The van der Waals surface area contributed by atoms with Gasteiger partial charge in [0.25, 0.3) is 0 Å². The smallest absolute Gasteiger partial charge is 0.199 e. The normalized spacial score (nSPS) is 11.2. The van der Waals surface area contributed by atoms with E-state index in [0.29, 0.717) is 0 Å². The average Bonchev–Trinajstić information content (AvgIpc) is 3.04. The molecule has 21 heavy (non-hydrogen) atoms. The third kappa shape index (κ3) is 2.42. The molecule has 6 nitrogen and oxygen atoms in total. The predicted molar refractivity (Wildman–Crippen MR) is 86.1 cm³/mol. The summed E-state index contributed by atoms with van der Waals surface area (Å²) in [5.41, 5.74) is 2.73. The van der Waals surface area contributed by atoms with Crippen LogP contribution in [-0.4, -0.2) is 30.7 Å². The number of nitrogens with one attached hydrogen (secondary N) is 1. The molecule has 7 heteroatoms. The Kier molecular flexibility index (Phi) is 3.67. The lowest BCUT2D eigenvalue weighted by atomic mass is 10.4. The van der Waals surface area contributed by atoms with Gasteiger partial charge in [0, 0.05) is 18.9 Å². The number of fused-ring (bicyclic) bond motifs is 1. The Morgan fingerprint density at radius 1 is 1.33 bits per heavy atom. The monoisotopic (exact) mass is 348 g/mol. The van der Waals surface area contributed by atoms with Crippen molar-refractivity contribution in [3.63, 3.8) is 0 Å². The van der Waals surface area contributed by atoms with E-state index in [1.165, 1.54) is 0 Å². The van der Waals surface area contributed by atoms with Crippen molar-refractivity contribution in [3.8, 4) is 5.82 Å². The Morgan fingerprint density at radius 3 is 2.81 bits per heavy atom. The third-order valence-corrected chi connectivity index (χ3v) is 4.46. The fourth-order valence-electron chi connectivity index (χ4n) is 2.23. The van der Waals surface area contributed by atoms with E-state index in [0.717, 1.165) is 46.1 Å². The molecule has 0 fully saturated rings. The average molecular weight is 349 g/mol. The molecular formula is C14H17BrN6. The van der Waals surface area contributed by atoms with Gasteiger partial charge in [0.1, 0.15) is 5.82 Å². The number of imidazole rings is 1. The van der Waals surface area contributed by atoms with Gasteiger partial charge in [-0.2, -0.15) is 5.10 Å². The molecule has 0 aromatic carbocycles. The lowest BCUT2D eigenvalue weighted by Gasteiger charge is -2.10. The van der Waals surface area contributed by atoms with Crippen LogP contribution < -0.4 is 5.32 Å². The number of aryl methyl sites for hydroxylation is 1. The first kappa shape index (κ1) is 14.1. The minimum atomic E-state index is 0.729. The molecule has 0 amide bonds. The van der Waals surface area contributed by atoms with Gasteiger partial charge in [-0.25, -0.2) is 14.6 Å². The van der Waals surface area contributed by atoms with Crippen LogP contribution in [0.4, 0.5) is 5.82 Å². The Hall–Kier alpha value is -1.89. The molecule has 3 rings (SSSR count). The third-order valence-electron chi connectivity index (χ3n) is 3.32. The minimum absolute atomic E-state index is 0.729. The summed E-state index contributed by atoms with van der Waals surface area (Å²) in [5.74, 6) is 1.55. The molecule has 0 atom stereocenters. The molecule has 0 radical (unpaired) electrons. The number of rotatable bonds is 4. The zero-order valence-corrected chi connectivity index (χ0v) is 13.8. The SMILES string of the molecule is CCCNc1cn2ccnc2c(-n2nc(C)c(Br)c2C)n1. The van der Waals surface area contributed by atoms with Crippen LogP contribution in [0.15, 0.2) is 23.1 Å². The highest BCUT2D eigenvalue weighted by atomic mass is 79.9.